The lowest BCUT2D eigenvalue weighted by Crippen LogP contribution is -2.02. The molecule has 0 unspecified atom stereocenters. The molecule has 0 aliphatic heterocycles. The van der Waals surface area contributed by atoms with Gasteiger partial charge in [-0.2, -0.15) is 0 Å². The van der Waals surface area contributed by atoms with E-state index in [1.54, 1.807) is 11.8 Å². The number of rotatable bonds is 3. The molecular formula is C9H12ClNS. The first kappa shape index (κ1) is 9.90. The van der Waals surface area contributed by atoms with E-state index in [2.05, 4.69) is 6.07 Å². The third kappa shape index (κ3) is 2.41. The molecule has 1 rings (SSSR count). The molecule has 12 heavy (non-hydrogen) atoms. The van der Waals surface area contributed by atoms with Gasteiger partial charge in [-0.15, -0.1) is 11.8 Å². The van der Waals surface area contributed by atoms with Gasteiger partial charge in [0.05, 0.1) is 5.02 Å². The van der Waals surface area contributed by atoms with Gasteiger partial charge in [0.15, 0.2) is 0 Å². The van der Waals surface area contributed by atoms with E-state index in [4.69, 9.17) is 17.3 Å². The quantitative estimate of drug-likeness (QED) is 0.761. The van der Waals surface area contributed by atoms with E-state index in [0.717, 1.165) is 16.3 Å². The number of benzene rings is 1. The highest BCUT2D eigenvalue weighted by Gasteiger charge is 1.99. The molecule has 66 valence electrons. The number of nitrogens with two attached hydrogens (primary N) is 1. The molecule has 0 amide bonds. The molecule has 0 radical (unpaired) electrons. The van der Waals surface area contributed by atoms with Crippen molar-refractivity contribution in [2.75, 3.05) is 12.8 Å². The van der Waals surface area contributed by atoms with Crippen LogP contribution >= 0.6 is 23.4 Å². The highest BCUT2D eigenvalue weighted by molar-refractivity contribution is 7.98. The monoisotopic (exact) mass is 201 g/mol. The van der Waals surface area contributed by atoms with Crippen LogP contribution in [0.15, 0.2) is 23.1 Å². The smallest absolute Gasteiger partial charge is 0.0544 e. The van der Waals surface area contributed by atoms with E-state index in [1.165, 1.54) is 5.56 Å². The SMILES string of the molecule is CSc1ccc(CCN)cc1Cl. The fraction of sp³-hybridized carbons (Fsp3) is 0.333. The molecular weight excluding hydrogens is 190 g/mol. The van der Waals surface area contributed by atoms with Crippen LogP contribution in [0, 0.1) is 0 Å². The Morgan fingerprint density at radius 3 is 2.75 bits per heavy atom. The molecule has 1 aromatic rings. The van der Waals surface area contributed by atoms with Crippen molar-refractivity contribution in [3.63, 3.8) is 0 Å². The Bertz CT molecular complexity index is 263. The third-order valence-electron chi connectivity index (χ3n) is 1.65. The molecule has 0 aliphatic rings. The van der Waals surface area contributed by atoms with E-state index in [9.17, 15) is 0 Å². The van der Waals surface area contributed by atoms with Gasteiger partial charge >= 0.3 is 0 Å². The lowest BCUT2D eigenvalue weighted by molar-refractivity contribution is 0.967. The molecule has 1 nitrogen and oxygen atoms in total. The van der Waals surface area contributed by atoms with Crippen LogP contribution in [0.25, 0.3) is 0 Å². The summed E-state index contributed by atoms with van der Waals surface area (Å²) < 4.78 is 0. The van der Waals surface area contributed by atoms with Crippen molar-refractivity contribution in [1.29, 1.82) is 0 Å². The van der Waals surface area contributed by atoms with Crippen LogP contribution in [0.2, 0.25) is 5.02 Å². The van der Waals surface area contributed by atoms with E-state index >= 15 is 0 Å². The Kier molecular flexibility index (Phi) is 3.92. The summed E-state index contributed by atoms with van der Waals surface area (Å²) in [6.07, 6.45) is 2.91. The first-order valence-electron chi connectivity index (χ1n) is 3.80. The van der Waals surface area contributed by atoms with Gasteiger partial charge in [0.2, 0.25) is 0 Å². The zero-order chi connectivity index (χ0) is 8.97. The van der Waals surface area contributed by atoms with Gasteiger partial charge in [-0.3, -0.25) is 0 Å². The number of hydrogen-bond donors (Lipinski definition) is 1. The zero-order valence-corrected chi connectivity index (χ0v) is 8.58. The molecule has 0 saturated heterocycles. The number of halogens is 1. The Balaban J connectivity index is 2.86. The summed E-state index contributed by atoms with van der Waals surface area (Å²) in [4.78, 5) is 1.12. The van der Waals surface area contributed by atoms with Crippen LogP contribution in [0.3, 0.4) is 0 Å². The van der Waals surface area contributed by atoms with Gasteiger partial charge in [-0.1, -0.05) is 17.7 Å². The fourth-order valence-corrected chi connectivity index (χ4v) is 1.92. The van der Waals surface area contributed by atoms with Crippen LogP contribution in [0.5, 0.6) is 0 Å². The first-order valence-corrected chi connectivity index (χ1v) is 5.40. The van der Waals surface area contributed by atoms with Gasteiger partial charge in [0.1, 0.15) is 0 Å². The zero-order valence-electron chi connectivity index (χ0n) is 7.01. The van der Waals surface area contributed by atoms with Gasteiger partial charge in [-0.25, -0.2) is 0 Å². The standard InChI is InChI=1S/C9H12ClNS/c1-12-9-3-2-7(4-5-11)6-8(9)10/h2-3,6H,4-5,11H2,1H3. The fourth-order valence-electron chi connectivity index (χ4n) is 1.03. The molecule has 0 aliphatic carbocycles. The van der Waals surface area contributed by atoms with Crippen molar-refractivity contribution in [1.82, 2.24) is 0 Å². The van der Waals surface area contributed by atoms with Crippen molar-refractivity contribution < 1.29 is 0 Å². The molecule has 0 atom stereocenters. The van der Waals surface area contributed by atoms with Crippen LogP contribution in [0.1, 0.15) is 5.56 Å². The van der Waals surface area contributed by atoms with Crippen molar-refractivity contribution in [3.8, 4) is 0 Å². The molecule has 2 N–H and O–H groups in total. The van der Waals surface area contributed by atoms with Crippen molar-refractivity contribution in [2.45, 2.75) is 11.3 Å². The van der Waals surface area contributed by atoms with Crippen molar-refractivity contribution >= 4 is 23.4 Å². The first-order chi connectivity index (χ1) is 5.77. The summed E-state index contributed by atoms with van der Waals surface area (Å²) in [6, 6.07) is 6.10. The average molecular weight is 202 g/mol. The Hall–Kier alpha value is -0.180. The molecule has 0 heterocycles. The van der Waals surface area contributed by atoms with Gasteiger partial charge in [0, 0.05) is 4.90 Å². The predicted octanol–water partition coefficient (Wildman–Crippen LogP) is 2.56. The second kappa shape index (κ2) is 4.75. The van der Waals surface area contributed by atoms with E-state index in [0.29, 0.717) is 6.54 Å². The molecule has 0 spiro atoms. The van der Waals surface area contributed by atoms with Gasteiger partial charge in [-0.05, 0) is 36.9 Å². The second-order valence-electron chi connectivity index (χ2n) is 2.51. The topological polar surface area (TPSA) is 26.0 Å². The summed E-state index contributed by atoms with van der Waals surface area (Å²) in [6.45, 7) is 0.676. The largest absolute Gasteiger partial charge is 0.330 e. The normalized spacial score (nSPS) is 10.2. The molecule has 3 heteroatoms. The second-order valence-corrected chi connectivity index (χ2v) is 3.76. The average Bonchev–Trinajstić information content (AvgIpc) is 2.05. The Morgan fingerprint density at radius 1 is 1.50 bits per heavy atom. The van der Waals surface area contributed by atoms with Crippen molar-refractivity contribution in [3.05, 3.63) is 28.8 Å². The molecule has 0 bridgehead atoms. The number of hydrogen-bond acceptors (Lipinski definition) is 2. The maximum atomic E-state index is 6.00. The van der Waals surface area contributed by atoms with Crippen LogP contribution in [0.4, 0.5) is 0 Å². The molecule has 1 aromatic carbocycles. The minimum atomic E-state index is 0.676. The summed E-state index contributed by atoms with van der Waals surface area (Å²) in [5.41, 5.74) is 6.64. The summed E-state index contributed by atoms with van der Waals surface area (Å²) >= 11 is 7.66. The highest BCUT2D eigenvalue weighted by atomic mass is 35.5. The lowest BCUT2D eigenvalue weighted by atomic mass is 10.1. The van der Waals surface area contributed by atoms with E-state index in [-0.39, 0.29) is 0 Å². The third-order valence-corrected chi connectivity index (χ3v) is 2.87. The van der Waals surface area contributed by atoms with Crippen molar-refractivity contribution in [2.24, 2.45) is 5.73 Å². The molecule has 0 aromatic heterocycles. The summed E-state index contributed by atoms with van der Waals surface area (Å²) in [5.74, 6) is 0. The maximum Gasteiger partial charge on any atom is 0.0544 e. The van der Waals surface area contributed by atoms with Gasteiger partial charge in [0.25, 0.3) is 0 Å². The van der Waals surface area contributed by atoms with Crippen LogP contribution < -0.4 is 5.73 Å². The maximum absolute atomic E-state index is 6.00. The lowest BCUT2D eigenvalue weighted by Gasteiger charge is -2.03. The molecule has 0 fully saturated rings. The predicted molar refractivity (Wildman–Crippen MR) is 56.0 cm³/mol. The van der Waals surface area contributed by atoms with E-state index < -0.39 is 0 Å². The van der Waals surface area contributed by atoms with Crippen LogP contribution in [-0.4, -0.2) is 12.8 Å². The Labute approximate surface area is 82.3 Å². The van der Waals surface area contributed by atoms with Crippen LogP contribution in [-0.2, 0) is 6.42 Å². The van der Waals surface area contributed by atoms with Gasteiger partial charge < -0.3 is 5.73 Å². The minimum absolute atomic E-state index is 0.676. The summed E-state index contributed by atoms with van der Waals surface area (Å²) in [5, 5.41) is 0.827. The minimum Gasteiger partial charge on any atom is -0.330 e. The Morgan fingerprint density at radius 2 is 2.25 bits per heavy atom. The highest BCUT2D eigenvalue weighted by Crippen LogP contribution is 2.25. The molecule has 0 saturated carbocycles. The number of thioether (sulfide) groups is 1. The summed E-state index contributed by atoms with van der Waals surface area (Å²) in [7, 11) is 0. The van der Waals surface area contributed by atoms with E-state index in [1.807, 2.05) is 18.4 Å².